The highest BCUT2D eigenvalue weighted by Crippen LogP contribution is 2.23. The zero-order valence-electron chi connectivity index (χ0n) is 16.7. The Bertz CT molecular complexity index is 1270. The molecule has 0 fully saturated rings. The number of fused-ring (bicyclic) bond motifs is 1. The van der Waals surface area contributed by atoms with Crippen molar-refractivity contribution in [2.24, 2.45) is 0 Å². The molecule has 1 N–H and O–H groups in total. The SMILES string of the molecule is C[C@@H](NC(=O)c1ccc([N+](=O)[O-])cc1)c1nc2ccccc2n1Cc1cccc(Cl)c1. The highest BCUT2D eigenvalue weighted by atomic mass is 35.5. The molecule has 0 saturated heterocycles. The van der Waals surface area contributed by atoms with Crippen molar-refractivity contribution in [1.29, 1.82) is 0 Å². The Morgan fingerprint density at radius 1 is 1.13 bits per heavy atom. The number of imidazole rings is 1. The predicted molar refractivity (Wildman–Crippen MR) is 119 cm³/mol. The zero-order chi connectivity index (χ0) is 22.0. The van der Waals surface area contributed by atoms with Crippen LogP contribution in [-0.2, 0) is 6.54 Å². The van der Waals surface area contributed by atoms with Crippen LogP contribution in [0, 0.1) is 10.1 Å². The number of hydrogen-bond acceptors (Lipinski definition) is 4. The van der Waals surface area contributed by atoms with Crippen molar-refractivity contribution in [2.45, 2.75) is 19.5 Å². The van der Waals surface area contributed by atoms with Crippen molar-refractivity contribution in [2.75, 3.05) is 0 Å². The van der Waals surface area contributed by atoms with E-state index < -0.39 is 11.0 Å². The van der Waals surface area contributed by atoms with Crippen molar-refractivity contribution in [3.63, 3.8) is 0 Å². The third-order valence-corrected chi connectivity index (χ3v) is 5.22. The van der Waals surface area contributed by atoms with E-state index in [1.807, 2.05) is 55.5 Å². The average molecular weight is 435 g/mol. The van der Waals surface area contributed by atoms with E-state index in [1.165, 1.54) is 24.3 Å². The number of aromatic nitrogens is 2. The molecule has 0 unspecified atom stereocenters. The summed E-state index contributed by atoms with van der Waals surface area (Å²) >= 11 is 6.15. The van der Waals surface area contributed by atoms with E-state index in [0.717, 1.165) is 16.6 Å². The average Bonchev–Trinajstić information content (AvgIpc) is 3.12. The minimum Gasteiger partial charge on any atom is -0.342 e. The van der Waals surface area contributed by atoms with Gasteiger partial charge in [-0.05, 0) is 48.9 Å². The van der Waals surface area contributed by atoms with Gasteiger partial charge in [0.1, 0.15) is 5.82 Å². The van der Waals surface area contributed by atoms with E-state index in [9.17, 15) is 14.9 Å². The van der Waals surface area contributed by atoms with Crippen LogP contribution in [0.25, 0.3) is 11.0 Å². The predicted octanol–water partition coefficient (Wildman–Crippen LogP) is 5.14. The molecule has 0 aliphatic rings. The van der Waals surface area contributed by atoms with Crippen LogP contribution in [0.15, 0.2) is 72.8 Å². The molecule has 7 nitrogen and oxygen atoms in total. The van der Waals surface area contributed by atoms with E-state index in [1.54, 1.807) is 0 Å². The molecule has 1 amide bonds. The number of hydrogen-bond donors (Lipinski definition) is 1. The fraction of sp³-hybridized carbons (Fsp3) is 0.130. The number of nitro benzene ring substituents is 1. The fourth-order valence-corrected chi connectivity index (χ4v) is 3.70. The molecule has 0 aliphatic carbocycles. The number of nitrogens with one attached hydrogen (secondary N) is 1. The first-order valence-corrected chi connectivity index (χ1v) is 10.0. The molecule has 1 aromatic heterocycles. The number of carbonyl (C=O) groups excluding carboxylic acids is 1. The van der Waals surface area contributed by atoms with Crippen LogP contribution in [0.5, 0.6) is 0 Å². The van der Waals surface area contributed by atoms with Gasteiger partial charge in [0, 0.05) is 29.3 Å². The molecule has 4 rings (SSSR count). The number of rotatable bonds is 6. The Morgan fingerprint density at radius 3 is 2.58 bits per heavy atom. The van der Waals surface area contributed by atoms with Gasteiger partial charge in [0.2, 0.25) is 0 Å². The molecule has 0 radical (unpaired) electrons. The van der Waals surface area contributed by atoms with E-state index in [0.29, 0.717) is 23.0 Å². The van der Waals surface area contributed by atoms with Crippen LogP contribution in [0.1, 0.15) is 34.7 Å². The molecule has 0 bridgehead atoms. The lowest BCUT2D eigenvalue weighted by atomic mass is 10.1. The molecule has 3 aromatic carbocycles. The Kier molecular flexibility index (Phi) is 5.68. The fourth-order valence-electron chi connectivity index (χ4n) is 3.49. The zero-order valence-corrected chi connectivity index (χ0v) is 17.4. The number of carbonyl (C=O) groups is 1. The molecular weight excluding hydrogens is 416 g/mol. The summed E-state index contributed by atoms with van der Waals surface area (Å²) in [5.41, 5.74) is 3.08. The van der Waals surface area contributed by atoms with Gasteiger partial charge in [-0.1, -0.05) is 35.9 Å². The van der Waals surface area contributed by atoms with Gasteiger partial charge in [0.25, 0.3) is 11.6 Å². The topological polar surface area (TPSA) is 90.1 Å². The highest BCUT2D eigenvalue weighted by Gasteiger charge is 2.20. The van der Waals surface area contributed by atoms with Gasteiger partial charge in [-0.2, -0.15) is 0 Å². The molecule has 156 valence electrons. The van der Waals surface area contributed by atoms with Gasteiger partial charge in [-0.25, -0.2) is 4.98 Å². The molecule has 8 heteroatoms. The number of nitro groups is 1. The normalized spacial score (nSPS) is 11.9. The smallest absolute Gasteiger partial charge is 0.269 e. The number of benzene rings is 3. The van der Waals surface area contributed by atoms with E-state index >= 15 is 0 Å². The van der Waals surface area contributed by atoms with Crippen LogP contribution in [0.2, 0.25) is 5.02 Å². The van der Waals surface area contributed by atoms with Gasteiger partial charge < -0.3 is 9.88 Å². The first kappa shape index (κ1) is 20.6. The lowest BCUT2D eigenvalue weighted by Gasteiger charge is -2.17. The van der Waals surface area contributed by atoms with E-state index in [2.05, 4.69) is 9.88 Å². The summed E-state index contributed by atoms with van der Waals surface area (Å²) in [7, 11) is 0. The standard InChI is InChI=1S/C23H19ClN4O3/c1-15(25-23(29)17-9-11-19(12-10-17)28(30)31)22-26-20-7-2-3-8-21(20)27(22)14-16-5-4-6-18(24)13-16/h2-13,15H,14H2,1H3,(H,25,29)/t15-/m1/s1. The summed E-state index contributed by atoms with van der Waals surface area (Å²) in [6.45, 7) is 2.41. The van der Waals surface area contributed by atoms with E-state index in [4.69, 9.17) is 16.6 Å². The maximum Gasteiger partial charge on any atom is 0.269 e. The van der Waals surface area contributed by atoms with Crippen molar-refractivity contribution < 1.29 is 9.72 Å². The van der Waals surface area contributed by atoms with Crippen molar-refractivity contribution in [3.8, 4) is 0 Å². The summed E-state index contributed by atoms with van der Waals surface area (Å²) < 4.78 is 2.06. The minimum atomic E-state index is -0.498. The number of amides is 1. The molecule has 1 atom stereocenters. The first-order chi connectivity index (χ1) is 14.9. The maximum atomic E-state index is 12.7. The first-order valence-electron chi connectivity index (χ1n) is 9.67. The largest absolute Gasteiger partial charge is 0.342 e. The maximum absolute atomic E-state index is 12.7. The second-order valence-corrected chi connectivity index (χ2v) is 7.61. The Labute approximate surface area is 183 Å². The second-order valence-electron chi connectivity index (χ2n) is 7.17. The van der Waals surface area contributed by atoms with Gasteiger partial charge >= 0.3 is 0 Å². The van der Waals surface area contributed by atoms with Crippen LogP contribution in [-0.4, -0.2) is 20.4 Å². The number of nitrogens with zero attached hydrogens (tertiary/aromatic N) is 3. The number of non-ortho nitro benzene ring substituents is 1. The highest BCUT2D eigenvalue weighted by molar-refractivity contribution is 6.30. The molecule has 0 spiro atoms. The second kappa shape index (κ2) is 8.57. The Morgan fingerprint density at radius 2 is 1.87 bits per heavy atom. The van der Waals surface area contributed by atoms with Gasteiger partial charge in [0.15, 0.2) is 0 Å². The third kappa shape index (κ3) is 4.41. The molecule has 0 saturated carbocycles. The molecule has 1 heterocycles. The van der Waals surface area contributed by atoms with Gasteiger partial charge in [-0.3, -0.25) is 14.9 Å². The number of halogens is 1. The summed E-state index contributed by atoms with van der Waals surface area (Å²) in [5, 5.41) is 14.4. The van der Waals surface area contributed by atoms with Crippen molar-refractivity contribution in [1.82, 2.24) is 14.9 Å². The molecule has 0 aliphatic heterocycles. The number of para-hydroxylation sites is 2. The lowest BCUT2D eigenvalue weighted by molar-refractivity contribution is -0.384. The molecule has 31 heavy (non-hydrogen) atoms. The van der Waals surface area contributed by atoms with Crippen molar-refractivity contribution >= 4 is 34.2 Å². The van der Waals surface area contributed by atoms with Gasteiger partial charge in [0.05, 0.1) is 22.0 Å². The summed E-state index contributed by atoms with van der Waals surface area (Å²) in [4.78, 5) is 27.8. The van der Waals surface area contributed by atoms with Crippen LogP contribution in [0.3, 0.4) is 0 Å². The Balaban J connectivity index is 1.63. The van der Waals surface area contributed by atoms with Crippen molar-refractivity contribution in [3.05, 3.63) is 105 Å². The quantitative estimate of drug-likeness (QED) is 0.336. The Hall–Kier alpha value is -3.71. The summed E-state index contributed by atoms with van der Waals surface area (Å²) in [6.07, 6.45) is 0. The molecular formula is C23H19ClN4O3. The van der Waals surface area contributed by atoms with E-state index in [-0.39, 0.29) is 11.6 Å². The van der Waals surface area contributed by atoms with Crippen LogP contribution >= 0.6 is 11.6 Å². The molecule has 4 aromatic rings. The monoisotopic (exact) mass is 434 g/mol. The van der Waals surface area contributed by atoms with Gasteiger partial charge in [-0.15, -0.1) is 0 Å². The third-order valence-electron chi connectivity index (χ3n) is 4.99. The summed E-state index contributed by atoms with van der Waals surface area (Å²) in [5.74, 6) is 0.375. The minimum absolute atomic E-state index is 0.0621. The lowest BCUT2D eigenvalue weighted by Crippen LogP contribution is -2.28. The summed E-state index contributed by atoms with van der Waals surface area (Å²) in [6, 6.07) is 20.5. The van der Waals surface area contributed by atoms with Crippen LogP contribution < -0.4 is 5.32 Å². The van der Waals surface area contributed by atoms with Crippen LogP contribution in [0.4, 0.5) is 5.69 Å².